The molecule has 1 rings (SSSR count). The van der Waals surface area contributed by atoms with E-state index in [2.05, 4.69) is 42.8 Å². The lowest BCUT2D eigenvalue weighted by atomic mass is 10.0. The monoisotopic (exact) mass is 257 g/mol. The van der Waals surface area contributed by atoms with Crippen LogP contribution in [0.3, 0.4) is 0 Å². The Bertz CT molecular complexity index is 220. The summed E-state index contributed by atoms with van der Waals surface area (Å²) in [5.41, 5.74) is 0.271. The van der Waals surface area contributed by atoms with Crippen LogP contribution in [-0.2, 0) is 0 Å². The van der Waals surface area contributed by atoms with Gasteiger partial charge < -0.3 is 10.4 Å². The quantitative estimate of drug-likeness (QED) is 0.689. The predicted molar refractivity (Wildman–Crippen MR) is 76.9 cm³/mol. The van der Waals surface area contributed by atoms with Gasteiger partial charge in [-0.2, -0.15) is 0 Å². The minimum atomic E-state index is -0.238. The van der Waals surface area contributed by atoms with Gasteiger partial charge in [-0.15, -0.1) is 0 Å². The Morgan fingerprint density at radius 2 is 1.78 bits per heavy atom. The van der Waals surface area contributed by atoms with E-state index in [9.17, 15) is 5.11 Å². The Labute approximate surface area is 112 Å². The second kappa shape index (κ2) is 7.43. The molecule has 108 valence electrons. The van der Waals surface area contributed by atoms with Crippen LogP contribution in [0.15, 0.2) is 0 Å². The lowest BCUT2D eigenvalue weighted by Gasteiger charge is -2.42. The minimum Gasteiger partial charge on any atom is -0.390 e. The molecule has 2 N–H and O–H groups in total. The van der Waals surface area contributed by atoms with Crippen molar-refractivity contribution >= 4 is 0 Å². The van der Waals surface area contributed by atoms with Gasteiger partial charge in [0.05, 0.1) is 6.10 Å². The van der Waals surface area contributed by atoms with Gasteiger partial charge in [0.2, 0.25) is 0 Å². The van der Waals surface area contributed by atoms with Crippen molar-refractivity contribution in [3.8, 4) is 0 Å². The van der Waals surface area contributed by atoms with Crippen LogP contribution < -0.4 is 5.32 Å². The van der Waals surface area contributed by atoms with E-state index < -0.39 is 0 Å². The Morgan fingerprint density at radius 3 is 2.28 bits per heavy atom. The Balaban J connectivity index is 2.19. The molecule has 4 heteroatoms. The molecule has 1 saturated heterocycles. The van der Waals surface area contributed by atoms with Crippen LogP contribution >= 0.6 is 0 Å². The van der Waals surface area contributed by atoms with Crippen LogP contribution in [0.2, 0.25) is 0 Å². The van der Waals surface area contributed by atoms with Crippen molar-refractivity contribution in [3.63, 3.8) is 0 Å². The lowest BCUT2D eigenvalue weighted by molar-refractivity contribution is 0.0368. The molecule has 0 aromatic carbocycles. The van der Waals surface area contributed by atoms with E-state index in [1.54, 1.807) is 0 Å². The topological polar surface area (TPSA) is 38.7 Å². The summed E-state index contributed by atoms with van der Waals surface area (Å²) in [5, 5.41) is 13.2. The van der Waals surface area contributed by atoms with Crippen molar-refractivity contribution in [1.82, 2.24) is 15.1 Å². The molecule has 1 unspecified atom stereocenters. The molecule has 0 aromatic rings. The first-order valence-corrected chi connectivity index (χ1v) is 7.29. The first-order chi connectivity index (χ1) is 8.43. The highest BCUT2D eigenvalue weighted by atomic mass is 16.3. The van der Waals surface area contributed by atoms with Crippen molar-refractivity contribution in [2.75, 3.05) is 45.8 Å². The predicted octanol–water partition coefficient (Wildman–Crippen LogP) is 0.763. The van der Waals surface area contributed by atoms with Gasteiger partial charge in [0.1, 0.15) is 0 Å². The zero-order valence-electron chi connectivity index (χ0n) is 12.6. The van der Waals surface area contributed by atoms with E-state index in [1.165, 1.54) is 0 Å². The highest BCUT2D eigenvalue weighted by Gasteiger charge is 2.26. The maximum Gasteiger partial charge on any atom is 0.0791 e. The van der Waals surface area contributed by atoms with Crippen LogP contribution in [0.25, 0.3) is 0 Å². The van der Waals surface area contributed by atoms with Gasteiger partial charge >= 0.3 is 0 Å². The van der Waals surface area contributed by atoms with Crippen molar-refractivity contribution in [3.05, 3.63) is 0 Å². The lowest BCUT2D eigenvalue weighted by Crippen LogP contribution is -2.54. The van der Waals surface area contributed by atoms with E-state index in [0.29, 0.717) is 6.54 Å². The molecule has 0 aliphatic carbocycles. The number of nitrogens with zero attached hydrogens (tertiary/aromatic N) is 2. The standard InChI is InChI=1S/C14H31N3O/c1-5-6-15-11-13(18)12-16-7-9-17(10-8-16)14(2,3)4/h13,15,18H,5-12H2,1-4H3. The molecule has 1 aliphatic rings. The number of hydrogen-bond acceptors (Lipinski definition) is 4. The molecule has 1 atom stereocenters. The van der Waals surface area contributed by atoms with Crippen LogP contribution in [0, 0.1) is 0 Å². The first kappa shape index (κ1) is 15.9. The summed E-state index contributed by atoms with van der Waals surface area (Å²) in [7, 11) is 0. The summed E-state index contributed by atoms with van der Waals surface area (Å²) in [6.07, 6.45) is 0.884. The number of rotatable bonds is 6. The normalized spacial score (nSPS) is 21.2. The van der Waals surface area contributed by atoms with Crippen LogP contribution in [-0.4, -0.2) is 72.4 Å². The molecule has 1 fully saturated rings. The maximum atomic E-state index is 9.94. The molecule has 0 saturated carbocycles. The average molecular weight is 257 g/mol. The first-order valence-electron chi connectivity index (χ1n) is 7.29. The molecule has 1 aliphatic heterocycles. The van der Waals surface area contributed by atoms with Crippen LogP contribution in [0.5, 0.6) is 0 Å². The van der Waals surface area contributed by atoms with Gasteiger partial charge in [-0.3, -0.25) is 9.80 Å². The van der Waals surface area contributed by atoms with Gasteiger partial charge in [-0.1, -0.05) is 6.92 Å². The fourth-order valence-electron chi connectivity index (χ4n) is 2.41. The smallest absolute Gasteiger partial charge is 0.0791 e. The third-order valence-corrected chi connectivity index (χ3v) is 3.60. The van der Waals surface area contributed by atoms with Crippen molar-refractivity contribution in [2.45, 2.75) is 45.8 Å². The van der Waals surface area contributed by atoms with Gasteiger partial charge in [0, 0.05) is 44.8 Å². The zero-order valence-corrected chi connectivity index (χ0v) is 12.6. The maximum absolute atomic E-state index is 9.94. The van der Waals surface area contributed by atoms with Gasteiger partial charge in [-0.25, -0.2) is 0 Å². The zero-order chi connectivity index (χ0) is 13.6. The Morgan fingerprint density at radius 1 is 1.17 bits per heavy atom. The van der Waals surface area contributed by atoms with E-state index in [1.807, 2.05) is 0 Å². The molecule has 0 aromatic heterocycles. The molecular weight excluding hydrogens is 226 g/mol. The summed E-state index contributed by atoms with van der Waals surface area (Å²) in [5.74, 6) is 0. The van der Waals surface area contributed by atoms with Gasteiger partial charge in [0.15, 0.2) is 0 Å². The molecule has 0 amide bonds. The second-order valence-corrected chi connectivity index (χ2v) is 6.32. The molecule has 4 nitrogen and oxygen atoms in total. The second-order valence-electron chi connectivity index (χ2n) is 6.32. The Kier molecular flexibility index (Phi) is 6.57. The molecule has 1 heterocycles. The minimum absolute atomic E-state index is 0.238. The van der Waals surface area contributed by atoms with Gasteiger partial charge in [-0.05, 0) is 33.7 Å². The number of aliphatic hydroxyl groups excluding tert-OH is 1. The summed E-state index contributed by atoms with van der Waals surface area (Å²) in [6, 6.07) is 0. The fourth-order valence-corrected chi connectivity index (χ4v) is 2.41. The van der Waals surface area contributed by atoms with Gasteiger partial charge in [0.25, 0.3) is 0 Å². The highest BCUT2D eigenvalue weighted by Crippen LogP contribution is 2.15. The van der Waals surface area contributed by atoms with E-state index in [0.717, 1.165) is 45.7 Å². The molecule has 0 bridgehead atoms. The number of β-amino-alcohol motifs (C(OH)–C–C–N with tert-alkyl or cyclic N) is 1. The number of nitrogens with one attached hydrogen (secondary N) is 1. The molecule has 18 heavy (non-hydrogen) atoms. The fraction of sp³-hybridized carbons (Fsp3) is 1.00. The third-order valence-electron chi connectivity index (χ3n) is 3.60. The summed E-state index contributed by atoms with van der Waals surface area (Å²) < 4.78 is 0. The summed E-state index contributed by atoms with van der Waals surface area (Å²) in [4.78, 5) is 4.89. The van der Waals surface area contributed by atoms with Crippen LogP contribution in [0.4, 0.5) is 0 Å². The number of piperazine rings is 1. The molecule has 0 spiro atoms. The van der Waals surface area contributed by atoms with E-state index in [-0.39, 0.29) is 11.6 Å². The average Bonchev–Trinajstić information content (AvgIpc) is 2.29. The van der Waals surface area contributed by atoms with Crippen LogP contribution in [0.1, 0.15) is 34.1 Å². The summed E-state index contributed by atoms with van der Waals surface area (Å²) in [6.45, 7) is 15.8. The van der Waals surface area contributed by atoms with E-state index in [4.69, 9.17) is 0 Å². The number of hydrogen-bond donors (Lipinski definition) is 2. The van der Waals surface area contributed by atoms with Crippen molar-refractivity contribution in [2.24, 2.45) is 0 Å². The van der Waals surface area contributed by atoms with Crippen molar-refractivity contribution in [1.29, 1.82) is 0 Å². The molecular formula is C14H31N3O. The number of aliphatic hydroxyl groups is 1. The van der Waals surface area contributed by atoms with E-state index >= 15 is 0 Å². The third kappa shape index (κ3) is 5.65. The SMILES string of the molecule is CCCNCC(O)CN1CCN(C(C)(C)C)CC1. The van der Waals surface area contributed by atoms with Crippen molar-refractivity contribution < 1.29 is 5.11 Å². The largest absolute Gasteiger partial charge is 0.390 e. The highest BCUT2D eigenvalue weighted by molar-refractivity contribution is 4.82. The molecule has 0 radical (unpaired) electrons. The Hall–Kier alpha value is -0.160. The summed E-state index contributed by atoms with van der Waals surface area (Å²) >= 11 is 0.